The van der Waals surface area contributed by atoms with Crippen LogP contribution in [0.25, 0.3) is 0 Å². The molecule has 1 atom stereocenters. The molecule has 0 aliphatic rings. The minimum atomic E-state index is -1.23. The predicted octanol–water partition coefficient (Wildman–Crippen LogP) is 3.18. The molecule has 0 aliphatic carbocycles. The van der Waals surface area contributed by atoms with E-state index in [1.165, 1.54) is 0 Å². The molecule has 0 bridgehead atoms. The van der Waals surface area contributed by atoms with Gasteiger partial charge in [-0.15, -0.1) is 0 Å². The van der Waals surface area contributed by atoms with Crippen molar-refractivity contribution in [2.45, 2.75) is 45.3 Å². The molecule has 1 rings (SSSR count). The molecule has 0 saturated carbocycles. The van der Waals surface area contributed by atoms with E-state index in [4.69, 9.17) is 9.47 Å². The van der Waals surface area contributed by atoms with Crippen LogP contribution >= 0.6 is 0 Å². The zero-order chi connectivity index (χ0) is 16.6. The van der Waals surface area contributed by atoms with Gasteiger partial charge in [-0.25, -0.2) is 9.59 Å². The standard InChI is InChI=1S/C16H25NO4Si/c1-13(15(18)20-10-11-22(2,3)4)17-16(19)21-12-14-8-6-5-7-9-14/h5-9,13H,10-12H2,1-4H3,(H,17,19)/t13-/m0/s1. The molecule has 0 fully saturated rings. The Morgan fingerprint density at radius 2 is 1.77 bits per heavy atom. The first kappa shape index (κ1) is 18.2. The Kier molecular flexibility index (Phi) is 7.11. The molecule has 0 saturated heterocycles. The fourth-order valence-electron chi connectivity index (χ4n) is 1.58. The fourth-order valence-corrected chi connectivity index (χ4v) is 2.30. The maximum Gasteiger partial charge on any atom is 0.408 e. The Hall–Kier alpha value is -1.82. The summed E-state index contributed by atoms with van der Waals surface area (Å²) >= 11 is 0. The number of ether oxygens (including phenoxy) is 2. The molecule has 122 valence electrons. The fraction of sp³-hybridized carbons (Fsp3) is 0.500. The SMILES string of the molecule is C[C@H](NC(=O)OCc1ccccc1)C(=O)OCC[Si](C)(C)C. The van der Waals surface area contributed by atoms with E-state index in [2.05, 4.69) is 25.0 Å². The molecule has 6 heteroatoms. The number of esters is 1. The van der Waals surface area contributed by atoms with E-state index in [-0.39, 0.29) is 6.61 Å². The second-order valence-electron chi connectivity index (χ2n) is 6.41. The minimum Gasteiger partial charge on any atom is -0.464 e. The monoisotopic (exact) mass is 323 g/mol. The molecule has 0 radical (unpaired) electrons. The lowest BCUT2D eigenvalue weighted by Gasteiger charge is -2.17. The van der Waals surface area contributed by atoms with Gasteiger partial charge in [0.05, 0.1) is 6.61 Å². The summed E-state index contributed by atoms with van der Waals surface area (Å²) in [6.45, 7) is 8.79. The van der Waals surface area contributed by atoms with E-state index >= 15 is 0 Å². The van der Waals surface area contributed by atoms with Gasteiger partial charge in [-0.3, -0.25) is 0 Å². The number of nitrogens with one attached hydrogen (secondary N) is 1. The number of carbonyl (C=O) groups excluding carboxylic acids is 2. The summed E-state index contributed by atoms with van der Waals surface area (Å²) in [6, 6.07) is 9.55. The maximum absolute atomic E-state index is 11.8. The molecule has 0 spiro atoms. The summed E-state index contributed by atoms with van der Waals surface area (Å²) in [5, 5.41) is 2.47. The predicted molar refractivity (Wildman–Crippen MR) is 88.3 cm³/mol. The van der Waals surface area contributed by atoms with E-state index in [1.807, 2.05) is 30.3 Å². The number of hydrogen-bond donors (Lipinski definition) is 1. The van der Waals surface area contributed by atoms with Crippen LogP contribution in [-0.2, 0) is 20.9 Å². The Labute approximate surface area is 133 Å². The molecule has 0 aromatic heterocycles. The van der Waals surface area contributed by atoms with Gasteiger partial charge >= 0.3 is 12.1 Å². The molecular weight excluding hydrogens is 298 g/mol. The second-order valence-corrected chi connectivity index (χ2v) is 12.0. The van der Waals surface area contributed by atoms with Gasteiger partial charge in [0.25, 0.3) is 0 Å². The Morgan fingerprint density at radius 3 is 2.36 bits per heavy atom. The number of rotatable bonds is 7. The molecule has 1 N–H and O–H groups in total. The van der Waals surface area contributed by atoms with E-state index < -0.39 is 26.2 Å². The van der Waals surface area contributed by atoms with E-state index in [9.17, 15) is 9.59 Å². The zero-order valence-corrected chi connectivity index (χ0v) is 14.7. The molecule has 1 aromatic rings. The third-order valence-corrected chi connectivity index (χ3v) is 4.70. The average molecular weight is 323 g/mol. The number of carbonyl (C=O) groups is 2. The third-order valence-electron chi connectivity index (χ3n) is 3.00. The van der Waals surface area contributed by atoms with Crippen molar-refractivity contribution >= 4 is 20.1 Å². The maximum atomic E-state index is 11.8. The van der Waals surface area contributed by atoms with Crippen molar-refractivity contribution in [3.05, 3.63) is 35.9 Å². The van der Waals surface area contributed by atoms with Gasteiger partial charge in [0, 0.05) is 8.07 Å². The molecule has 0 heterocycles. The van der Waals surface area contributed by atoms with Gasteiger partial charge in [-0.05, 0) is 18.5 Å². The lowest BCUT2D eigenvalue weighted by molar-refractivity contribution is -0.145. The lowest BCUT2D eigenvalue weighted by Crippen LogP contribution is -2.40. The molecule has 22 heavy (non-hydrogen) atoms. The highest BCUT2D eigenvalue weighted by atomic mass is 28.3. The van der Waals surface area contributed by atoms with Gasteiger partial charge < -0.3 is 14.8 Å². The summed E-state index contributed by atoms with van der Waals surface area (Å²) < 4.78 is 10.2. The summed E-state index contributed by atoms with van der Waals surface area (Å²) in [5.74, 6) is -0.435. The van der Waals surface area contributed by atoms with Crippen LogP contribution in [0.3, 0.4) is 0 Å². The van der Waals surface area contributed by atoms with Crippen LogP contribution in [0.15, 0.2) is 30.3 Å². The highest BCUT2D eigenvalue weighted by Gasteiger charge is 2.19. The second kappa shape index (κ2) is 8.58. The summed E-state index contributed by atoms with van der Waals surface area (Å²) in [6.07, 6.45) is -0.626. The smallest absolute Gasteiger partial charge is 0.408 e. The number of amides is 1. The quantitative estimate of drug-likeness (QED) is 0.618. The van der Waals surface area contributed by atoms with Crippen LogP contribution in [0, 0.1) is 0 Å². The Morgan fingerprint density at radius 1 is 1.14 bits per heavy atom. The number of alkyl carbamates (subject to hydrolysis) is 1. The first-order valence-corrected chi connectivity index (χ1v) is 11.1. The Balaban J connectivity index is 2.26. The first-order valence-electron chi connectivity index (χ1n) is 7.42. The molecule has 1 amide bonds. The average Bonchev–Trinajstić information content (AvgIpc) is 2.44. The van der Waals surface area contributed by atoms with Crippen LogP contribution in [0.1, 0.15) is 12.5 Å². The summed E-state index contributed by atoms with van der Waals surface area (Å²) in [4.78, 5) is 23.4. The van der Waals surface area contributed by atoms with Crippen molar-refractivity contribution in [3.63, 3.8) is 0 Å². The van der Waals surface area contributed by atoms with Crippen molar-refractivity contribution in [2.75, 3.05) is 6.61 Å². The van der Waals surface area contributed by atoms with E-state index in [1.54, 1.807) is 6.92 Å². The molecule has 0 aliphatic heterocycles. The Bertz CT molecular complexity index is 485. The highest BCUT2D eigenvalue weighted by Crippen LogP contribution is 2.08. The van der Waals surface area contributed by atoms with Gasteiger partial charge in [-0.2, -0.15) is 0 Å². The minimum absolute atomic E-state index is 0.171. The number of hydrogen-bond acceptors (Lipinski definition) is 4. The van der Waals surface area contributed by atoms with Crippen LogP contribution in [-0.4, -0.2) is 32.8 Å². The lowest BCUT2D eigenvalue weighted by atomic mass is 10.2. The summed E-state index contributed by atoms with van der Waals surface area (Å²) in [7, 11) is -1.23. The molecule has 0 unspecified atom stereocenters. The normalized spacial score (nSPS) is 12.4. The van der Waals surface area contributed by atoms with Crippen LogP contribution < -0.4 is 5.32 Å². The third kappa shape index (κ3) is 7.83. The van der Waals surface area contributed by atoms with Crippen molar-refractivity contribution in [3.8, 4) is 0 Å². The largest absolute Gasteiger partial charge is 0.464 e. The van der Waals surface area contributed by atoms with Crippen molar-refractivity contribution in [2.24, 2.45) is 0 Å². The van der Waals surface area contributed by atoms with Crippen molar-refractivity contribution in [1.29, 1.82) is 0 Å². The first-order chi connectivity index (χ1) is 10.3. The molecule has 1 aromatic carbocycles. The van der Waals surface area contributed by atoms with Gasteiger partial charge in [0.15, 0.2) is 0 Å². The van der Waals surface area contributed by atoms with Gasteiger partial charge in [0.1, 0.15) is 12.6 Å². The van der Waals surface area contributed by atoms with Crippen molar-refractivity contribution < 1.29 is 19.1 Å². The zero-order valence-electron chi connectivity index (χ0n) is 13.7. The van der Waals surface area contributed by atoms with E-state index in [0.717, 1.165) is 11.6 Å². The van der Waals surface area contributed by atoms with Crippen LogP contribution in [0.4, 0.5) is 4.79 Å². The van der Waals surface area contributed by atoms with Crippen LogP contribution in [0.5, 0.6) is 0 Å². The highest BCUT2D eigenvalue weighted by molar-refractivity contribution is 6.76. The number of benzene rings is 1. The van der Waals surface area contributed by atoms with Crippen molar-refractivity contribution in [1.82, 2.24) is 5.32 Å². The topological polar surface area (TPSA) is 64.6 Å². The van der Waals surface area contributed by atoms with Crippen LogP contribution in [0.2, 0.25) is 25.7 Å². The molecular formula is C16H25NO4Si. The van der Waals surface area contributed by atoms with Gasteiger partial charge in [0.2, 0.25) is 0 Å². The van der Waals surface area contributed by atoms with E-state index in [0.29, 0.717) is 6.61 Å². The molecule has 5 nitrogen and oxygen atoms in total. The van der Waals surface area contributed by atoms with Gasteiger partial charge in [-0.1, -0.05) is 50.0 Å². The summed E-state index contributed by atoms with van der Waals surface area (Å²) in [5.41, 5.74) is 0.892.